The number of anilines is 1. The summed E-state index contributed by atoms with van der Waals surface area (Å²) in [6.07, 6.45) is 2.82. The molecule has 10 nitrogen and oxygen atoms in total. The van der Waals surface area contributed by atoms with Crippen molar-refractivity contribution in [3.8, 4) is 11.5 Å². The SMILES string of the molecule is Cn1c(N)c(C(=O)COC(=O)C2(c3ccc4c(c3)OCCO4)CCCC2)c(=O)n(C)c1=O. The van der Waals surface area contributed by atoms with Crippen molar-refractivity contribution in [2.24, 2.45) is 14.1 Å². The number of nitrogens with two attached hydrogens (primary N) is 1. The van der Waals surface area contributed by atoms with Gasteiger partial charge in [-0.15, -0.1) is 0 Å². The average molecular weight is 443 g/mol. The normalized spacial score (nSPS) is 16.6. The molecule has 0 unspecified atom stereocenters. The number of fused-ring (bicyclic) bond motifs is 1. The maximum Gasteiger partial charge on any atom is 0.332 e. The van der Waals surface area contributed by atoms with E-state index < -0.39 is 35.0 Å². The monoisotopic (exact) mass is 443 g/mol. The van der Waals surface area contributed by atoms with Crippen LogP contribution in [0.15, 0.2) is 27.8 Å². The van der Waals surface area contributed by atoms with Crippen LogP contribution in [0.4, 0.5) is 5.82 Å². The quantitative estimate of drug-likeness (QED) is 0.527. The molecule has 1 saturated carbocycles. The van der Waals surface area contributed by atoms with Gasteiger partial charge >= 0.3 is 11.7 Å². The number of carbonyl (C=O) groups excluding carboxylic acids is 2. The smallest absolute Gasteiger partial charge is 0.332 e. The number of esters is 1. The zero-order valence-electron chi connectivity index (χ0n) is 18.0. The third-order valence-electron chi connectivity index (χ3n) is 6.27. The van der Waals surface area contributed by atoms with Crippen molar-refractivity contribution in [1.82, 2.24) is 9.13 Å². The molecule has 0 atom stereocenters. The summed E-state index contributed by atoms with van der Waals surface area (Å²) in [5, 5.41) is 0. The van der Waals surface area contributed by atoms with E-state index in [0.717, 1.165) is 27.5 Å². The molecule has 2 aliphatic rings. The molecule has 4 rings (SSSR count). The fourth-order valence-corrected chi connectivity index (χ4v) is 4.39. The summed E-state index contributed by atoms with van der Waals surface area (Å²) in [5.74, 6) is -0.368. The Balaban J connectivity index is 1.58. The number of benzene rings is 1. The molecule has 0 saturated heterocycles. The van der Waals surface area contributed by atoms with Crippen molar-refractivity contribution in [2.45, 2.75) is 31.1 Å². The van der Waals surface area contributed by atoms with E-state index in [1.807, 2.05) is 6.07 Å². The molecule has 1 aliphatic carbocycles. The number of Topliss-reactive ketones (excluding diaryl/α,β-unsaturated/α-hetero) is 1. The van der Waals surface area contributed by atoms with Gasteiger partial charge in [-0.05, 0) is 30.5 Å². The molecule has 0 bridgehead atoms. The van der Waals surface area contributed by atoms with Gasteiger partial charge in [0, 0.05) is 14.1 Å². The molecule has 1 aromatic heterocycles. The first kappa shape index (κ1) is 21.7. The van der Waals surface area contributed by atoms with Gasteiger partial charge in [0.2, 0.25) is 5.78 Å². The predicted molar refractivity (Wildman–Crippen MR) is 114 cm³/mol. The van der Waals surface area contributed by atoms with E-state index in [1.54, 1.807) is 12.1 Å². The summed E-state index contributed by atoms with van der Waals surface area (Å²) >= 11 is 0. The molecule has 1 aromatic carbocycles. The molecule has 32 heavy (non-hydrogen) atoms. The molecule has 0 spiro atoms. The van der Waals surface area contributed by atoms with Crippen LogP contribution < -0.4 is 26.5 Å². The summed E-state index contributed by atoms with van der Waals surface area (Å²) in [4.78, 5) is 50.3. The number of hydrogen-bond donors (Lipinski definition) is 1. The maximum atomic E-state index is 13.2. The number of nitrogen functional groups attached to an aromatic ring is 1. The van der Waals surface area contributed by atoms with Gasteiger partial charge in [0.1, 0.15) is 24.6 Å². The highest BCUT2D eigenvalue weighted by atomic mass is 16.6. The minimum Gasteiger partial charge on any atom is -0.486 e. The second kappa shape index (κ2) is 8.18. The summed E-state index contributed by atoms with van der Waals surface area (Å²) < 4.78 is 18.4. The van der Waals surface area contributed by atoms with Crippen LogP contribution >= 0.6 is 0 Å². The van der Waals surface area contributed by atoms with E-state index in [9.17, 15) is 19.2 Å². The largest absolute Gasteiger partial charge is 0.486 e. The third-order valence-corrected chi connectivity index (χ3v) is 6.27. The van der Waals surface area contributed by atoms with Crippen LogP contribution in [0.1, 0.15) is 41.6 Å². The van der Waals surface area contributed by atoms with E-state index in [2.05, 4.69) is 0 Å². The number of nitrogens with zero attached hydrogens (tertiary/aromatic N) is 2. The first-order valence-electron chi connectivity index (χ1n) is 10.4. The maximum absolute atomic E-state index is 13.2. The Bertz CT molecular complexity index is 1210. The molecule has 170 valence electrons. The van der Waals surface area contributed by atoms with Crippen molar-refractivity contribution < 1.29 is 23.8 Å². The van der Waals surface area contributed by atoms with E-state index in [1.165, 1.54) is 14.1 Å². The van der Waals surface area contributed by atoms with Crippen molar-refractivity contribution in [2.75, 3.05) is 25.6 Å². The van der Waals surface area contributed by atoms with E-state index in [-0.39, 0.29) is 11.4 Å². The van der Waals surface area contributed by atoms with Crippen molar-refractivity contribution >= 4 is 17.6 Å². The van der Waals surface area contributed by atoms with Gasteiger partial charge in [-0.25, -0.2) is 4.79 Å². The zero-order chi connectivity index (χ0) is 23.0. The van der Waals surface area contributed by atoms with Gasteiger partial charge in [0.25, 0.3) is 5.56 Å². The lowest BCUT2D eigenvalue weighted by Crippen LogP contribution is -2.42. The van der Waals surface area contributed by atoms with Crippen molar-refractivity contribution in [3.63, 3.8) is 0 Å². The first-order chi connectivity index (χ1) is 15.3. The number of rotatable bonds is 5. The van der Waals surface area contributed by atoms with Gasteiger partial charge in [-0.3, -0.25) is 23.5 Å². The Morgan fingerprint density at radius 2 is 1.72 bits per heavy atom. The lowest BCUT2D eigenvalue weighted by Gasteiger charge is -2.28. The van der Waals surface area contributed by atoms with E-state index in [4.69, 9.17) is 19.9 Å². The minimum atomic E-state index is -0.907. The summed E-state index contributed by atoms with van der Waals surface area (Å²) in [6, 6.07) is 5.39. The van der Waals surface area contributed by atoms with Crippen LogP contribution in [0.25, 0.3) is 0 Å². The summed E-state index contributed by atoms with van der Waals surface area (Å²) in [6.45, 7) is 0.246. The van der Waals surface area contributed by atoms with Crippen LogP contribution in [0, 0.1) is 0 Å². The van der Waals surface area contributed by atoms with Crippen LogP contribution in [-0.4, -0.2) is 40.7 Å². The summed E-state index contributed by atoms with van der Waals surface area (Å²) in [5.41, 5.74) is 3.82. The Kier molecular flexibility index (Phi) is 5.53. The topological polar surface area (TPSA) is 132 Å². The molecular formula is C22H25N3O7. The number of ether oxygens (including phenoxy) is 3. The standard InChI is InChI=1S/C22H25N3O7/c1-24-18(23)17(19(27)25(2)21(24)29)14(26)12-32-20(28)22(7-3-4-8-22)13-5-6-15-16(11-13)31-10-9-30-15/h5-6,11H,3-4,7-10,12,23H2,1-2H3. The van der Waals surface area contributed by atoms with Crippen LogP contribution in [0.5, 0.6) is 11.5 Å². The number of hydrogen-bond acceptors (Lipinski definition) is 8. The Hall–Kier alpha value is -3.56. The third kappa shape index (κ3) is 3.45. The van der Waals surface area contributed by atoms with E-state index >= 15 is 0 Å². The highest BCUT2D eigenvalue weighted by Crippen LogP contribution is 2.45. The molecule has 0 radical (unpaired) electrons. The van der Waals surface area contributed by atoms with Crippen LogP contribution in [-0.2, 0) is 29.0 Å². The van der Waals surface area contributed by atoms with Gasteiger partial charge < -0.3 is 19.9 Å². The fourth-order valence-electron chi connectivity index (χ4n) is 4.39. The van der Waals surface area contributed by atoms with Gasteiger partial charge in [0.05, 0.1) is 5.41 Å². The first-order valence-corrected chi connectivity index (χ1v) is 10.4. The van der Waals surface area contributed by atoms with Crippen molar-refractivity contribution in [3.05, 3.63) is 50.2 Å². The molecule has 1 fully saturated rings. The Morgan fingerprint density at radius 3 is 2.41 bits per heavy atom. The Labute approximate surface area is 183 Å². The highest BCUT2D eigenvalue weighted by Gasteiger charge is 2.45. The number of aromatic nitrogens is 2. The lowest BCUT2D eigenvalue weighted by molar-refractivity contribution is -0.149. The highest BCUT2D eigenvalue weighted by molar-refractivity contribution is 6.01. The zero-order valence-corrected chi connectivity index (χ0v) is 18.0. The van der Waals surface area contributed by atoms with E-state index in [0.29, 0.717) is 37.6 Å². The molecule has 2 N–H and O–H groups in total. The van der Waals surface area contributed by atoms with Gasteiger partial charge in [0.15, 0.2) is 18.1 Å². The lowest BCUT2D eigenvalue weighted by atomic mass is 9.78. The molecule has 0 amide bonds. The summed E-state index contributed by atoms with van der Waals surface area (Å²) in [7, 11) is 2.61. The molecule has 1 aliphatic heterocycles. The van der Waals surface area contributed by atoms with Crippen molar-refractivity contribution in [1.29, 1.82) is 0 Å². The number of carbonyl (C=O) groups is 2. The Morgan fingerprint density at radius 1 is 1.06 bits per heavy atom. The second-order valence-electron chi connectivity index (χ2n) is 8.11. The van der Waals surface area contributed by atoms with Gasteiger partial charge in [-0.2, -0.15) is 0 Å². The van der Waals surface area contributed by atoms with Crippen LogP contribution in [0.2, 0.25) is 0 Å². The van der Waals surface area contributed by atoms with Gasteiger partial charge in [-0.1, -0.05) is 18.9 Å². The molecule has 2 aromatic rings. The fraction of sp³-hybridized carbons (Fsp3) is 0.455. The molecule has 10 heteroatoms. The predicted octanol–water partition coefficient (Wildman–Crippen LogP) is 0.675. The average Bonchev–Trinajstić information content (AvgIpc) is 3.31. The number of ketones is 1. The second-order valence-corrected chi connectivity index (χ2v) is 8.11. The minimum absolute atomic E-state index is 0.262. The molecular weight excluding hydrogens is 418 g/mol. The van der Waals surface area contributed by atoms with Crippen LogP contribution in [0.3, 0.4) is 0 Å². The molecule has 2 heterocycles.